The molecule has 2 aromatic carbocycles. The first-order valence-corrected chi connectivity index (χ1v) is 8.95. The third kappa shape index (κ3) is 3.82. The van der Waals surface area contributed by atoms with Crippen LogP contribution >= 0.6 is 0 Å². The van der Waals surface area contributed by atoms with E-state index in [1.807, 2.05) is 12.1 Å². The third-order valence-corrected chi connectivity index (χ3v) is 5.00. The van der Waals surface area contributed by atoms with Gasteiger partial charge in [0.2, 0.25) is 6.79 Å². The topological polar surface area (TPSA) is 45.2 Å². The van der Waals surface area contributed by atoms with Gasteiger partial charge in [-0.1, -0.05) is 24.3 Å². The maximum atomic E-state index is 13.8. The molecular weight excluding hydrogens is 335 g/mol. The smallest absolute Gasteiger partial charge is 0.231 e. The number of ether oxygens (including phenoxy) is 2. The SMILES string of the molecule is O[C@H](CN1CCN(Cc2ccc3c(c2)OCO3)CC1)c1ccccc1F. The molecule has 2 aromatic rings. The molecule has 1 fully saturated rings. The first kappa shape index (κ1) is 17.3. The molecular formula is C20H23FN2O3. The number of aliphatic hydroxyl groups is 1. The van der Waals surface area contributed by atoms with Crippen LogP contribution in [0.4, 0.5) is 4.39 Å². The van der Waals surface area contributed by atoms with E-state index in [9.17, 15) is 9.50 Å². The summed E-state index contributed by atoms with van der Waals surface area (Å²) >= 11 is 0. The van der Waals surface area contributed by atoms with Gasteiger partial charge in [-0.15, -0.1) is 0 Å². The van der Waals surface area contributed by atoms with Crippen molar-refractivity contribution in [2.24, 2.45) is 0 Å². The van der Waals surface area contributed by atoms with Gasteiger partial charge in [0.05, 0.1) is 6.10 Å². The first-order valence-electron chi connectivity index (χ1n) is 8.95. The molecule has 138 valence electrons. The molecule has 2 heterocycles. The van der Waals surface area contributed by atoms with E-state index in [4.69, 9.17) is 9.47 Å². The lowest BCUT2D eigenvalue weighted by Gasteiger charge is -2.35. The van der Waals surface area contributed by atoms with Gasteiger partial charge >= 0.3 is 0 Å². The van der Waals surface area contributed by atoms with Gasteiger partial charge in [-0.05, 0) is 23.8 Å². The minimum Gasteiger partial charge on any atom is -0.454 e. The van der Waals surface area contributed by atoms with Crippen molar-refractivity contribution in [3.8, 4) is 11.5 Å². The molecule has 4 rings (SSSR count). The van der Waals surface area contributed by atoms with Crippen LogP contribution in [0.5, 0.6) is 11.5 Å². The van der Waals surface area contributed by atoms with Crippen molar-refractivity contribution in [3.05, 3.63) is 59.4 Å². The first-order chi connectivity index (χ1) is 12.7. The number of hydrogen-bond donors (Lipinski definition) is 1. The molecule has 0 unspecified atom stereocenters. The quantitative estimate of drug-likeness (QED) is 0.889. The molecule has 1 N–H and O–H groups in total. The molecule has 0 bridgehead atoms. The number of fused-ring (bicyclic) bond motifs is 1. The van der Waals surface area contributed by atoms with Gasteiger partial charge in [-0.3, -0.25) is 9.80 Å². The van der Waals surface area contributed by atoms with Gasteiger partial charge in [0.15, 0.2) is 11.5 Å². The van der Waals surface area contributed by atoms with E-state index in [2.05, 4.69) is 15.9 Å². The van der Waals surface area contributed by atoms with Crippen LogP contribution in [0.1, 0.15) is 17.2 Å². The third-order valence-electron chi connectivity index (χ3n) is 5.00. The molecule has 0 saturated carbocycles. The Labute approximate surface area is 152 Å². The van der Waals surface area contributed by atoms with Gasteiger partial charge in [-0.25, -0.2) is 4.39 Å². The minimum absolute atomic E-state index is 0.293. The van der Waals surface area contributed by atoms with Crippen molar-refractivity contribution in [2.45, 2.75) is 12.6 Å². The number of aliphatic hydroxyl groups excluding tert-OH is 1. The number of hydrogen-bond acceptors (Lipinski definition) is 5. The van der Waals surface area contributed by atoms with Crippen molar-refractivity contribution in [1.29, 1.82) is 0 Å². The Kier molecular flexibility index (Phi) is 5.06. The highest BCUT2D eigenvalue weighted by atomic mass is 19.1. The fourth-order valence-corrected chi connectivity index (χ4v) is 3.52. The lowest BCUT2D eigenvalue weighted by atomic mass is 10.1. The zero-order valence-corrected chi connectivity index (χ0v) is 14.6. The Balaban J connectivity index is 1.28. The summed E-state index contributed by atoms with van der Waals surface area (Å²) in [6.45, 7) is 5.16. The summed E-state index contributed by atoms with van der Waals surface area (Å²) in [6.07, 6.45) is -0.795. The molecule has 1 atom stereocenters. The van der Waals surface area contributed by atoms with Crippen molar-refractivity contribution >= 4 is 0 Å². The van der Waals surface area contributed by atoms with Gasteiger partial charge in [0.25, 0.3) is 0 Å². The predicted molar refractivity (Wildman–Crippen MR) is 95.6 cm³/mol. The average molecular weight is 358 g/mol. The maximum absolute atomic E-state index is 13.8. The Morgan fingerprint density at radius 1 is 0.962 bits per heavy atom. The van der Waals surface area contributed by atoms with Crippen molar-refractivity contribution < 1.29 is 19.0 Å². The Morgan fingerprint density at radius 2 is 1.69 bits per heavy atom. The van der Waals surface area contributed by atoms with E-state index in [-0.39, 0.29) is 5.82 Å². The number of benzene rings is 2. The van der Waals surface area contributed by atoms with E-state index in [1.165, 1.54) is 11.6 Å². The zero-order valence-electron chi connectivity index (χ0n) is 14.6. The summed E-state index contributed by atoms with van der Waals surface area (Å²) in [4.78, 5) is 4.57. The monoisotopic (exact) mass is 358 g/mol. The number of nitrogens with zero attached hydrogens (tertiary/aromatic N) is 2. The van der Waals surface area contributed by atoms with Crippen molar-refractivity contribution in [3.63, 3.8) is 0 Å². The van der Waals surface area contributed by atoms with Gasteiger partial charge in [0.1, 0.15) is 5.82 Å². The molecule has 0 radical (unpaired) electrons. The van der Waals surface area contributed by atoms with Crippen LogP contribution in [0, 0.1) is 5.82 Å². The largest absolute Gasteiger partial charge is 0.454 e. The predicted octanol–water partition coefficient (Wildman–Crippen LogP) is 2.41. The highest BCUT2D eigenvalue weighted by Gasteiger charge is 2.22. The Bertz CT molecular complexity index is 762. The molecule has 0 aromatic heterocycles. The molecule has 26 heavy (non-hydrogen) atoms. The Hall–Kier alpha value is -2.15. The molecule has 2 aliphatic heterocycles. The van der Waals surface area contributed by atoms with Gasteiger partial charge in [-0.2, -0.15) is 0 Å². The van der Waals surface area contributed by atoms with Crippen LogP contribution in [0.3, 0.4) is 0 Å². The molecule has 2 aliphatic rings. The molecule has 6 heteroatoms. The van der Waals surface area contributed by atoms with E-state index in [0.717, 1.165) is 44.2 Å². The molecule has 1 saturated heterocycles. The van der Waals surface area contributed by atoms with E-state index >= 15 is 0 Å². The van der Waals surface area contributed by atoms with Crippen LogP contribution < -0.4 is 9.47 Å². The van der Waals surface area contributed by atoms with Gasteiger partial charge in [0, 0.05) is 44.8 Å². The lowest BCUT2D eigenvalue weighted by molar-refractivity contribution is 0.0685. The molecule has 0 amide bonds. The van der Waals surface area contributed by atoms with Crippen LogP contribution in [-0.2, 0) is 6.54 Å². The molecule has 0 spiro atoms. The van der Waals surface area contributed by atoms with Gasteiger partial charge < -0.3 is 14.6 Å². The van der Waals surface area contributed by atoms with Crippen LogP contribution in [-0.4, -0.2) is 54.4 Å². The second-order valence-electron chi connectivity index (χ2n) is 6.80. The Morgan fingerprint density at radius 3 is 2.50 bits per heavy atom. The van der Waals surface area contributed by atoms with E-state index in [1.54, 1.807) is 18.2 Å². The number of piperazine rings is 1. The summed E-state index contributed by atoms with van der Waals surface area (Å²) in [6, 6.07) is 12.5. The second kappa shape index (κ2) is 7.61. The summed E-state index contributed by atoms with van der Waals surface area (Å²) in [5, 5.41) is 10.3. The fourth-order valence-electron chi connectivity index (χ4n) is 3.52. The molecule has 5 nitrogen and oxygen atoms in total. The van der Waals surface area contributed by atoms with Crippen LogP contribution in [0.25, 0.3) is 0 Å². The fraction of sp³-hybridized carbons (Fsp3) is 0.400. The number of β-amino-alcohol motifs (C(OH)–C–C–N with tert-alkyl or cyclic N) is 1. The zero-order chi connectivity index (χ0) is 17.9. The highest BCUT2D eigenvalue weighted by molar-refractivity contribution is 5.44. The van der Waals surface area contributed by atoms with Crippen molar-refractivity contribution in [2.75, 3.05) is 39.5 Å². The number of rotatable bonds is 5. The van der Waals surface area contributed by atoms with E-state index in [0.29, 0.717) is 18.9 Å². The van der Waals surface area contributed by atoms with Crippen LogP contribution in [0.2, 0.25) is 0 Å². The highest BCUT2D eigenvalue weighted by Crippen LogP contribution is 2.32. The summed E-state index contributed by atoms with van der Waals surface area (Å²) in [5.74, 6) is 1.27. The minimum atomic E-state index is -0.795. The standard InChI is InChI=1S/C20H23FN2O3/c21-17-4-2-1-3-16(17)18(24)13-23-9-7-22(8-10-23)12-15-5-6-19-20(11-15)26-14-25-19/h1-6,11,18,24H,7-10,12-14H2/t18-/m1/s1. The summed E-state index contributed by atoms with van der Waals surface area (Å²) in [7, 11) is 0. The van der Waals surface area contributed by atoms with Crippen LogP contribution in [0.15, 0.2) is 42.5 Å². The molecule has 0 aliphatic carbocycles. The normalized spacial score (nSPS) is 18.8. The maximum Gasteiger partial charge on any atom is 0.231 e. The summed E-state index contributed by atoms with van der Waals surface area (Å²) in [5.41, 5.74) is 1.57. The number of halogens is 1. The van der Waals surface area contributed by atoms with Crippen molar-refractivity contribution in [1.82, 2.24) is 9.80 Å². The lowest BCUT2D eigenvalue weighted by Crippen LogP contribution is -2.47. The van der Waals surface area contributed by atoms with E-state index < -0.39 is 6.10 Å². The summed E-state index contributed by atoms with van der Waals surface area (Å²) < 4.78 is 24.6. The second-order valence-corrected chi connectivity index (χ2v) is 6.80. The average Bonchev–Trinajstić information content (AvgIpc) is 3.11.